The summed E-state index contributed by atoms with van der Waals surface area (Å²) in [6.07, 6.45) is 39.3. The van der Waals surface area contributed by atoms with Crippen LogP contribution in [0.5, 0.6) is 0 Å². The van der Waals surface area contributed by atoms with Crippen molar-refractivity contribution in [1.29, 1.82) is 0 Å². The van der Waals surface area contributed by atoms with E-state index in [4.69, 9.17) is 0 Å². The molecule has 0 atom stereocenters. The van der Waals surface area contributed by atoms with E-state index in [1.807, 2.05) is 0 Å². The van der Waals surface area contributed by atoms with Crippen LogP contribution in [0.4, 0.5) is 0 Å². The lowest BCUT2D eigenvalue weighted by Crippen LogP contribution is -2.01. The average Bonchev–Trinajstić information content (AvgIpc) is 3.04. The summed E-state index contributed by atoms with van der Waals surface area (Å²) in [5, 5.41) is 2.16. The Morgan fingerprint density at radius 3 is 1.15 bits per heavy atom. The van der Waals surface area contributed by atoms with Crippen LogP contribution < -0.4 is 0 Å². The molecule has 3 nitrogen and oxygen atoms in total. The van der Waals surface area contributed by atoms with Crippen molar-refractivity contribution >= 4 is 20.9 Å². The van der Waals surface area contributed by atoms with Gasteiger partial charge in [-0.25, -0.2) is 0 Å². The smallest absolute Gasteiger partial charge is 0.282 e. The second kappa shape index (κ2) is 26.6. The Bertz CT molecular complexity index is 1120. The van der Waals surface area contributed by atoms with Crippen molar-refractivity contribution in [2.45, 2.75) is 211 Å². The van der Waals surface area contributed by atoms with E-state index in [-0.39, 0.29) is 4.90 Å². The van der Waals surface area contributed by atoms with Crippen LogP contribution in [-0.2, 0) is 23.0 Å². The Hall–Kier alpha value is -1.39. The fraction of sp³-hybridized carbons (Fsp3) is 0.762. The second-order valence-corrected chi connectivity index (χ2v) is 15.7. The molecule has 0 aliphatic rings. The number of rotatable bonds is 31. The number of unbranched alkanes of at least 4 members (excludes halogenated alkanes) is 26. The van der Waals surface area contributed by atoms with E-state index >= 15 is 0 Å². The van der Waals surface area contributed by atoms with Crippen molar-refractivity contribution < 1.29 is 13.0 Å². The van der Waals surface area contributed by atoms with Gasteiger partial charge in [0.2, 0.25) is 0 Å². The van der Waals surface area contributed by atoms with Crippen molar-refractivity contribution in [2.75, 3.05) is 0 Å². The van der Waals surface area contributed by atoms with Gasteiger partial charge in [0, 0.05) is 0 Å². The molecule has 0 aromatic heterocycles. The van der Waals surface area contributed by atoms with Crippen LogP contribution >= 0.6 is 0 Å². The van der Waals surface area contributed by atoms with Crippen LogP contribution in [0.15, 0.2) is 35.2 Å². The fourth-order valence-electron chi connectivity index (χ4n) is 7.09. The molecule has 0 unspecified atom stereocenters. The largest absolute Gasteiger partial charge is 0.294 e. The third kappa shape index (κ3) is 18.8. The van der Waals surface area contributed by atoms with Gasteiger partial charge in [-0.15, -0.1) is 0 Å². The zero-order valence-electron chi connectivity index (χ0n) is 30.3. The molecule has 0 fully saturated rings. The Balaban J connectivity index is 1.69. The van der Waals surface area contributed by atoms with E-state index < -0.39 is 10.1 Å². The summed E-state index contributed by atoms with van der Waals surface area (Å²) in [5.74, 6) is 0. The standard InChI is InChI=1S/C42H72O3S/c1-3-5-7-9-11-13-15-17-19-21-23-25-27-29-32-38-34-31-35-41-39(36-40(37-42(38)41)46(43,44)45)33-30-28-26-24-22-20-18-16-14-12-10-8-6-4-2/h31,34-37H,3-30,32-33H2,1-2H3,(H,43,44,45). The van der Waals surface area contributed by atoms with Crippen LogP contribution in [0.25, 0.3) is 10.8 Å². The minimum absolute atomic E-state index is 0.0498. The van der Waals surface area contributed by atoms with Gasteiger partial charge >= 0.3 is 0 Å². The highest BCUT2D eigenvalue weighted by Gasteiger charge is 2.15. The van der Waals surface area contributed by atoms with Crippen LogP contribution in [0.3, 0.4) is 0 Å². The molecule has 2 aromatic carbocycles. The van der Waals surface area contributed by atoms with Crippen molar-refractivity contribution in [3.05, 3.63) is 41.5 Å². The molecule has 0 amide bonds. The molecule has 0 saturated carbocycles. The van der Waals surface area contributed by atoms with Gasteiger partial charge in [-0.3, -0.25) is 4.55 Å². The van der Waals surface area contributed by atoms with Gasteiger partial charge in [-0.2, -0.15) is 8.42 Å². The van der Waals surface area contributed by atoms with Gasteiger partial charge in [0.25, 0.3) is 10.1 Å². The maximum Gasteiger partial charge on any atom is 0.294 e. The van der Waals surface area contributed by atoms with Gasteiger partial charge in [-0.1, -0.05) is 199 Å². The highest BCUT2D eigenvalue weighted by atomic mass is 32.2. The summed E-state index contributed by atoms with van der Waals surface area (Å²) >= 11 is 0. The Labute approximate surface area is 285 Å². The summed E-state index contributed by atoms with van der Waals surface area (Å²) < 4.78 is 34.3. The molecule has 264 valence electrons. The molecule has 46 heavy (non-hydrogen) atoms. The second-order valence-electron chi connectivity index (χ2n) is 14.3. The lowest BCUT2D eigenvalue weighted by Gasteiger charge is -2.13. The molecule has 2 aromatic rings. The highest BCUT2D eigenvalue weighted by molar-refractivity contribution is 7.85. The monoisotopic (exact) mass is 657 g/mol. The van der Waals surface area contributed by atoms with Crippen LogP contribution in [0.1, 0.15) is 205 Å². The number of fused-ring (bicyclic) bond motifs is 1. The molecular formula is C42H72O3S. The van der Waals surface area contributed by atoms with Gasteiger partial charge in [0.15, 0.2) is 0 Å². The van der Waals surface area contributed by atoms with Crippen LogP contribution in [-0.4, -0.2) is 13.0 Å². The predicted octanol–water partition coefficient (Wildman–Crippen LogP) is 14.1. The molecule has 0 radical (unpaired) electrons. The van der Waals surface area contributed by atoms with Gasteiger partial charge in [-0.05, 0) is 59.7 Å². The maximum absolute atomic E-state index is 12.2. The van der Waals surface area contributed by atoms with Crippen molar-refractivity contribution in [1.82, 2.24) is 0 Å². The number of hydrogen-bond acceptors (Lipinski definition) is 2. The molecule has 0 heterocycles. The van der Waals surface area contributed by atoms with E-state index in [0.717, 1.165) is 42.0 Å². The number of aryl methyl sites for hydroxylation is 2. The zero-order chi connectivity index (χ0) is 33.1. The first-order valence-corrected chi connectivity index (χ1v) is 21.4. The lowest BCUT2D eigenvalue weighted by atomic mass is 9.94. The summed E-state index contributed by atoms with van der Waals surface area (Å²) in [7, 11) is -4.24. The quantitative estimate of drug-likeness (QED) is 0.0649. The average molecular weight is 657 g/mol. The molecular weight excluding hydrogens is 585 g/mol. The van der Waals surface area contributed by atoms with Gasteiger partial charge in [0.05, 0.1) is 4.90 Å². The first kappa shape index (κ1) is 40.8. The van der Waals surface area contributed by atoms with Crippen LogP contribution in [0, 0.1) is 0 Å². The summed E-state index contributed by atoms with van der Waals surface area (Å²) in [6.45, 7) is 4.56. The third-order valence-corrected chi connectivity index (χ3v) is 10.9. The fourth-order valence-corrected chi connectivity index (χ4v) is 7.65. The summed E-state index contributed by atoms with van der Waals surface area (Å²) in [5.41, 5.74) is 2.27. The first-order valence-electron chi connectivity index (χ1n) is 20.0. The summed E-state index contributed by atoms with van der Waals surface area (Å²) in [6, 6.07) is 9.84. The SMILES string of the molecule is CCCCCCCCCCCCCCCCc1cc(S(=O)(=O)O)cc2c(CCCCCCCCCCCCCCCC)cccc12. The van der Waals surface area contributed by atoms with E-state index in [0.29, 0.717) is 0 Å². The number of hydrogen-bond donors (Lipinski definition) is 1. The van der Waals surface area contributed by atoms with E-state index in [2.05, 4.69) is 32.0 Å². The minimum Gasteiger partial charge on any atom is -0.282 e. The topological polar surface area (TPSA) is 54.4 Å². The molecule has 0 spiro atoms. The Morgan fingerprint density at radius 1 is 0.435 bits per heavy atom. The van der Waals surface area contributed by atoms with Crippen molar-refractivity contribution in [3.63, 3.8) is 0 Å². The number of benzene rings is 2. The van der Waals surface area contributed by atoms with E-state index in [1.165, 1.54) is 173 Å². The highest BCUT2D eigenvalue weighted by Crippen LogP contribution is 2.29. The summed E-state index contributed by atoms with van der Waals surface area (Å²) in [4.78, 5) is 0.0498. The maximum atomic E-state index is 12.2. The lowest BCUT2D eigenvalue weighted by molar-refractivity contribution is 0.483. The van der Waals surface area contributed by atoms with Crippen LogP contribution in [0.2, 0.25) is 0 Å². The zero-order valence-corrected chi connectivity index (χ0v) is 31.1. The first-order chi connectivity index (χ1) is 22.5. The molecule has 0 bridgehead atoms. The molecule has 1 N–H and O–H groups in total. The molecule has 2 rings (SSSR count). The third-order valence-electron chi connectivity index (χ3n) is 10.0. The molecule has 4 heteroatoms. The minimum atomic E-state index is -4.24. The Kier molecular flexibility index (Phi) is 23.5. The van der Waals surface area contributed by atoms with Crippen molar-refractivity contribution in [3.8, 4) is 0 Å². The molecule has 0 aliphatic carbocycles. The van der Waals surface area contributed by atoms with Gasteiger partial charge in [0.1, 0.15) is 0 Å². The van der Waals surface area contributed by atoms with Gasteiger partial charge < -0.3 is 0 Å². The molecule has 0 aliphatic heterocycles. The normalized spacial score (nSPS) is 12.0. The van der Waals surface area contributed by atoms with E-state index in [1.54, 1.807) is 12.1 Å². The van der Waals surface area contributed by atoms with Crippen molar-refractivity contribution in [2.24, 2.45) is 0 Å². The van der Waals surface area contributed by atoms with E-state index in [9.17, 15) is 13.0 Å². The predicted molar refractivity (Wildman–Crippen MR) is 202 cm³/mol. The Morgan fingerprint density at radius 2 is 0.783 bits per heavy atom. The molecule has 0 saturated heterocycles.